The number of amides is 1. The van der Waals surface area contributed by atoms with Crippen LogP contribution < -0.4 is 5.32 Å². The first-order valence-electron chi connectivity index (χ1n) is 5.38. The number of rotatable bonds is 6. The van der Waals surface area contributed by atoms with Crippen LogP contribution in [0.1, 0.15) is 24.8 Å². The van der Waals surface area contributed by atoms with E-state index in [9.17, 15) is 4.79 Å². The number of benzene rings is 1. The first-order valence-corrected chi connectivity index (χ1v) is 5.38. The van der Waals surface area contributed by atoms with Crippen molar-refractivity contribution in [3.05, 3.63) is 29.8 Å². The number of carbonyl (C=O) groups excluding carboxylic acids is 1. The van der Waals surface area contributed by atoms with Crippen molar-refractivity contribution in [1.29, 1.82) is 0 Å². The highest BCUT2D eigenvalue weighted by Crippen LogP contribution is 2.09. The standard InChI is InChI=1S/C12H17NO3/c14-8-2-1-3-12(16)13-9-10-4-6-11(15)7-5-10/h4-7,14-15H,1-3,8-9H2,(H,13,16). The minimum Gasteiger partial charge on any atom is -0.508 e. The lowest BCUT2D eigenvalue weighted by molar-refractivity contribution is -0.121. The van der Waals surface area contributed by atoms with E-state index >= 15 is 0 Å². The van der Waals surface area contributed by atoms with Gasteiger partial charge in [0, 0.05) is 19.6 Å². The lowest BCUT2D eigenvalue weighted by atomic mass is 10.2. The number of phenols is 1. The summed E-state index contributed by atoms with van der Waals surface area (Å²) in [5, 5.41) is 20.4. The SMILES string of the molecule is O=C(CCCCO)NCc1ccc(O)cc1. The number of nitrogens with one attached hydrogen (secondary N) is 1. The van der Waals surface area contributed by atoms with Crippen molar-refractivity contribution < 1.29 is 15.0 Å². The smallest absolute Gasteiger partial charge is 0.220 e. The van der Waals surface area contributed by atoms with Crippen LogP contribution in [0.4, 0.5) is 0 Å². The van der Waals surface area contributed by atoms with Crippen LogP contribution in [-0.2, 0) is 11.3 Å². The number of carbonyl (C=O) groups is 1. The van der Waals surface area contributed by atoms with Crippen LogP contribution in [0.5, 0.6) is 5.75 Å². The summed E-state index contributed by atoms with van der Waals surface area (Å²) in [6.07, 6.45) is 1.81. The largest absolute Gasteiger partial charge is 0.508 e. The average molecular weight is 223 g/mol. The van der Waals surface area contributed by atoms with Crippen molar-refractivity contribution in [2.45, 2.75) is 25.8 Å². The zero-order valence-electron chi connectivity index (χ0n) is 9.15. The summed E-state index contributed by atoms with van der Waals surface area (Å²) < 4.78 is 0. The first kappa shape index (κ1) is 12.5. The van der Waals surface area contributed by atoms with Crippen molar-refractivity contribution >= 4 is 5.91 Å². The van der Waals surface area contributed by atoms with Gasteiger partial charge in [-0.15, -0.1) is 0 Å². The van der Waals surface area contributed by atoms with Crippen LogP contribution >= 0.6 is 0 Å². The van der Waals surface area contributed by atoms with Crippen molar-refractivity contribution in [3.8, 4) is 5.75 Å². The Labute approximate surface area is 94.9 Å². The number of phenolic OH excluding ortho intramolecular Hbond substituents is 1. The highest BCUT2D eigenvalue weighted by Gasteiger charge is 2.00. The predicted molar refractivity (Wildman–Crippen MR) is 60.9 cm³/mol. The van der Waals surface area contributed by atoms with Gasteiger partial charge in [-0.25, -0.2) is 0 Å². The van der Waals surface area contributed by atoms with Crippen LogP contribution in [0.25, 0.3) is 0 Å². The fraction of sp³-hybridized carbons (Fsp3) is 0.417. The lowest BCUT2D eigenvalue weighted by Crippen LogP contribution is -2.22. The molecular weight excluding hydrogens is 206 g/mol. The third-order valence-electron chi connectivity index (χ3n) is 2.24. The summed E-state index contributed by atoms with van der Waals surface area (Å²) >= 11 is 0. The second-order valence-corrected chi connectivity index (χ2v) is 3.62. The number of unbranched alkanes of at least 4 members (excludes halogenated alkanes) is 1. The Morgan fingerprint density at radius 3 is 2.50 bits per heavy atom. The molecule has 0 saturated carbocycles. The van der Waals surface area contributed by atoms with Gasteiger partial charge in [0.05, 0.1) is 0 Å². The van der Waals surface area contributed by atoms with Gasteiger partial charge >= 0.3 is 0 Å². The third-order valence-corrected chi connectivity index (χ3v) is 2.24. The van der Waals surface area contributed by atoms with Crippen molar-refractivity contribution in [2.24, 2.45) is 0 Å². The molecule has 16 heavy (non-hydrogen) atoms. The Morgan fingerprint density at radius 1 is 1.19 bits per heavy atom. The van der Waals surface area contributed by atoms with Gasteiger partial charge in [0.2, 0.25) is 5.91 Å². The van der Waals surface area contributed by atoms with E-state index in [0.29, 0.717) is 25.8 Å². The number of aliphatic hydroxyl groups is 1. The maximum Gasteiger partial charge on any atom is 0.220 e. The molecule has 3 N–H and O–H groups in total. The molecule has 4 nitrogen and oxygen atoms in total. The van der Waals surface area contributed by atoms with Gasteiger partial charge in [0.15, 0.2) is 0 Å². The lowest BCUT2D eigenvalue weighted by Gasteiger charge is -2.05. The molecule has 4 heteroatoms. The van der Waals surface area contributed by atoms with Gasteiger partial charge in [-0.05, 0) is 30.5 Å². The van der Waals surface area contributed by atoms with E-state index < -0.39 is 0 Å². The molecule has 0 saturated heterocycles. The van der Waals surface area contributed by atoms with Gasteiger partial charge in [0.1, 0.15) is 5.75 Å². The zero-order valence-corrected chi connectivity index (χ0v) is 9.15. The molecule has 0 radical (unpaired) electrons. The average Bonchev–Trinajstić information content (AvgIpc) is 2.29. The van der Waals surface area contributed by atoms with Gasteiger partial charge in [-0.2, -0.15) is 0 Å². The summed E-state index contributed by atoms with van der Waals surface area (Å²) in [5.41, 5.74) is 0.952. The normalized spacial score (nSPS) is 10.1. The molecule has 0 aliphatic carbocycles. The fourth-order valence-corrected chi connectivity index (χ4v) is 1.30. The molecule has 1 amide bonds. The van der Waals surface area contributed by atoms with Crippen molar-refractivity contribution in [2.75, 3.05) is 6.61 Å². The monoisotopic (exact) mass is 223 g/mol. The second kappa shape index (κ2) is 6.85. The molecule has 1 aromatic carbocycles. The summed E-state index contributed by atoms with van der Waals surface area (Å²) in [4.78, 5) is 11.3. The Bertz CT molecular complexity index is 322. The maximum absolute atomic E-state index is 11.3. The van der Waals surface area contributed by atoms with Crippen LogP contribution in [0.15, 0.2) is 24.3 Å². The summed E-state index contributed by atoms with van der Waals surface area (Å²) in [6, 6.07) is 6.72. The molecule has 1 aromatic rings. The number of aliphatic hydroxyl groups excluding tert-OH is 1. The molecule has 0 aliphatic rings. The molecule has 0 heterocycles. The number of hydrogen-bond acceptors (Lipinski definition) is 3. The highest BCUT2D eigenvalue weighted by molar-refractivity contribution is 5.75. The maximum atomic E-state index is 11.3. The van der Waals surface area contributed by atoms with Gasteiger partial charge in [-0.3, -0.25) is 4.79 Å². The Balaban J connectivity index is 2.23. The molecule has 0 atom stereocenters. The molecule has 88 valence electrons. The van der Waals surface area contributed by atoms with Gasteiger partial charge in [-0.1, -0.05) is 12.1 Å². The minimum absolute atomic E-state index is 0.0125. The fourth-order valence-electron chi connectivity index (χ4n) is 1.30. The Hall–Kier alpha value is -1.55. The molecule has 0 fully saturated rings. The van der Waals surface area contributed by atoms with E-state index in [4.69, 9.17) is 10.2 Å². The minimum atomic E-state index is -0.0125. The van der Waals surface area contributed by atoms with E-state index in [-0.39, 0.29) is 18.3 Å². The highest BCUT2D eigenvalue weighted by atomic mass is 16.3. The molecular formula is C12H17NO3. The third kappa shape index (κ3) is 4.79. The summed E-state index contributed by atoms with van der Waals surface area (Å²) in [5.74, 6) is 0.208. The van der Waals surface area contributed by atoms with E-state index in [2.05, 4.69) is 5.32 Å². The molecule has 0 bridgehead atoms. The molecule has 0 aliphatic heterocycles. The molecule has 0 spiro atoms. The summed E-state index contributed by atoms with van der Waals surface area (Å²) in [6.45, 7) is 0.601. The Kier molecular flexibility index (Phi) is 5.36. The second-order valence-electron chi connectivity index (χ2n) is 3.62. The number of hydrogen-bond donors (Lipinski definition) is 3. The van der Waals surface area contributed by atoms with Crippen molar-refractivity contribution in [1.82, 2.24) is 5.32 Å². The van der Waals surface area contributed by atoms with Crippen LogP contribution in [0.2, 0.25) is 0 Å². The van der Waals surface area contributed by atoms with Crippen LogP contribution in [0, 0.1) is 0 Å². The van der Waals surface area contributed by atoms with Crippen molar-refractivity contribution in [3.63, 3.8) is 0 Å². The topological polar surface area (TPSA) is 69.6 Å². The van der Waals surface area contributed by atoms with E-state index in [1.54, 1.807) is 24.3 Å². The number of aromatic hydroxyl groups is 1. The first-order chi connectivity index (χ1) is 7.72. The Morgan fingerprint density at radius 2 is 1.88 bits per heavy atom. The van der Waals surface area contributed by atoms with Gasteiger partial charge < -0.3 is 15.5 Å². The predicted octanol–water partition coefficient (Wildman–Crippen LogP) is 1.17. The molecule has 0 aromatic heterocycles. The molecule has 0 unspecified atom stereocenters. The van der Waals surface area contributed by atoms with E-state index in [1.165, 1.54) is 0 Å². The molecule has 1 rings (SSSR count). The van der Waals surface area contributed by atoms with E-state index in [0.717, 1.165) is 5.56 Å². The van der Waals surface area contributed by atoms with E-state index in [1.807, 2.05) is 0 Å². The summed E-state index contributed by atoms with van der Waals surface area (Å²) in [7, 11) is 0. The quantitative estimate of drug-likeness (QED) is 0.634. The van der Waals surface area contributed by atoms with Gasteiger partial charge in [0.25, 0.3) is 0 Å². The zero-order chi connectivity index (χ0) is 11.8. The van der Waals surface area contributed by atoms with Crippen LogP contribution in [-0.4, -0.2) is 22.7 Å². The van der Waals surface area contributed by atoms with Crippen LogP contribution in [0.3, 0.4) is 0 Å².